The lowest BCUT2D eigenvalue weighted by atomic mass is 9.98. The zero-order valence-corrected chi connectivity index (χ0v) is 19.0. The lowest BCUT2D eigenvalue weighted by Gasteiger charge is -2.13. The van der Waals surface area contributed by atoms with E-state index < -0.39 is 0 Å². The first-order chi connectivity index (χ1) is 16.1. The van der Waals surface area contributed by atoms with E-state index in [1.54, 1.807) is 0 Å². The van der Waals surface area contributed by atoms with Gasteiger partial charge in [-0.2, -0.15) is 0 Å². The highest BCUT2D eigenvalue weighted by atomic mass is 16.5. The number of pyridine rings is 1. The van der Waals surface area contributed by atoms with Crippen molar-refractivity contribution in [2.45, 2.75) is 32.7 Å². The first-order valence-electron chi connectivity index (χ1n) is 11.5. The van der Waals surface area contributed by atoms with Gasteiger partial charge in [0.05, 0.1) is 0 Å². The van der Waals surface area contributed by atoms with Gasteiger partial charge >= 0.3 is 0 Å². The number of benzene rings is 2. The summed E-state index contributed by atoms with van der Waals surface area (Å²) in [5, 5.41) is 11.3. The number of aromatic amines is 1. The topological polar surface area (TPSA) is 92.8 Å². The molecule has 6 heteroatoms. The molecule has 0 bridgehead atoms. The van der Waals surface area contributed by atoms with Gasteiger partial charge < -0.3 is 20.6 Å². The van der Waals surface area contributed by atoms with Crippen LogP contribution in [0.2, 0.25) is 0 Å². The molecule has 168 valence electrons. The van der Waals surface area contributed by atoms with E-state index >= 15 is 0 Å². The molecule has 33 heavy (non-hydrogen) atoms. The number of nitrogens with one attached hydrogen (secondary N) is 2. The van der Waals surface area contributed by atoms with Gasteiger partial charge in [0.2, 0.25) is 5.88 Å². The van der Waals surface area contributed by atoms with Crippen molar-refractivity contribution >= 4 is 27.6 Å². The Hall–Kier alpha value is -3.64. The molecule has 0 fully saturated rings. The van der Waals surface area contributed by atoms with Crippen LogP contribution in [0.5, 0.6) is 0 Å². The van der Waals surface area contributed by atoms with Crippen molar-refractivity contribution in [3.63, 3.8) is 0 Å². The molecule has 0 aliphatic heterocycles. The summed E-state index contributed by atoms with van der Waals surface area (Å²) in [7, 11) is 0. The highest BCUT2D eigenvalue weighted by molar-refractivity contribution is 5.87. The average molecular weight is 440 g/mol. The largest absolute Gasteiger partial charge is 0.361 e. The number of fused-ring (bicyclic) bond motifs is 2. The normalized spacial score (nSPS) is 12.6. The molecule has 0 spiro atoms. The number of nitrogens with zero attached hydrogens (tertiary/aromatic N) is 2. The van der Waals surface area contributed by atoms with Gasteiger partial charge in [-0.15, -0.1) is 0 Å². The summed E-state index contributed by atoms with van der Waals surface area (Å²) in [4.78, 5) is 7.53. The first-order valence-corrected chi connectivity index (χ1v) is 11.5. The second kappa shape index (κ2) is 9.08. The number of rotatable bonds is 8. The molecule has 0 amide bonds. The third kappa shape index (κ3) is 4.47. The Kier molecular flexibility index (Phi) is 5.84. The Morgan fingerprint density at radius 2 is 1.94 bits per heavy atom. The van der Waals surface area contributed by atoms with Crippen LogP contribution in [0.3, 0.4) is 0 Å². The molecule has 0 aliphatic carbocycles. The SMILES string of the molecule is CC(C)Cc1c(-c2ccc3cnccc3c2)noc1NCC(N)Cc1c[nH]c2ccccc12. The van der Waals surface area contributed by atoms with Crippen LogP contribution in [-0.4, -0.2) is 27.7 Å². The molecule has 3 heterocycles. The number of H-pyrrole nitrogens is 1. The molecule has 0 saturated heterocycles. The van der Waals surface area contributed by atoms with Crippen LogP contribution in [-0.2, 0) is 12.8 Å². The Balaban J connectivity index is 1.35. The van der Waals surface area contributed by atoms with Gasteiger partial charge in [-0.05, 0) is 47.9 Å². The van der Waals surface area contributed by atoms with Gasteiger partial charge in [0.25, 0.3) is 0 Å². The summed E-state index contributed by atoms with van der Waals surface area (Å²) in [6.07, 6.45) is 7.38. The third-order valence-electron chi connectivity index (χ3n) is 6.00. The van der Waals surface area contributed by atoms with E-state index in [0.29, 0.717) is 18.3 Å². The van der Waals surface area contributed by atoms with Crippen molar-refractivity contribution in [1.82, 2.24) is 15.1 Å². The first kappa shape index (κ1) is 21.2. The molecule has 3 aromatic heterocycles. The highest BCUT2D eigenvalue weighted by Crippen LogP contribution is 2.32. The molecule has 0 aliphatic rings. The number of hydrogen-bond donors (Lipinski definition) is 3. The molecule has 5 rings (SSSR count). The summed E-state index contributed by atoms with van der Waals surface area (Å²) in [6.45, 7) is 5.01. The van der Waals surface area contributed by atoms with Crippen LogP contribution in [0.25, 0.3) is 32.9 Å². The molecule has 2 aromatic carbocycles. The van der Waals surface area contributed by atoms with Crippen LogP contribution >= 0.6 is 0 Å². The maximum atomic E-state index is 6.49. The summed E-state index contributed by atoms with van der Waals surface area (Å²) in [5.41, 5.74) is 11.9. The molecule has 1 atom stereocenters. The highest BCUT2D eigenvalue weighted by Gasteiger charge is 2.20. The van der Waals surface area contributed by atoms with Crippen molar-refractivity contribution in [2.24, 2.45) is 11.7 Å². The van der Waals surface area contributed by atoms with Gasteiger partial charge in [0.15, 0.2) is 0 Å². The molecule has 4 N–H and O–H groups in total. The van der Waals surface area contributed by atoms with E-state index in [0.717, 1.165) is 46.0 Å². The van der Waals surface area contributed by atoms with Crippen molar-refractivity contribution in [2.75, 3.05) is 11.9 Å². The second-order valence-electron chi connectivity index (χ2n) is 9.08. The number of anilines is 1. The van der Waals surface area contributed by atoms with Crippen LogP contribution in [0.4, 0.5) is 5.88 Å². The van der Waals surface area contributed by atoms with Crippen LogP contribution < -0.4 is 11.1 Å². The third-order valence-corrected chi connectivity index (χ3v) is 6.00. The lowest BCUT2D eigenvalue weighted by Crippen LogP contribution is -2.31. The summed E-state index contributed by atoms with van der Waals surface area (Å²) in [6, 6.07) is 16.6. The van der Waals surface area contributed by atoms with E-state index in [1.165, 1.54) is 10.9 Å². The zero-order chi connectivity index (χ0) is 22.8. The molecule has 1 unspecified atom stereocenters. The summed E-state index contributed by atoms with van der Waals surface area (Å²) >= 11 is 0. The van der Waals surface area contributed by atoms with Gasteiger partial charge in [-0.3, -0.25) is 4.98 Å². The van der Waals surface area contributed by atoms with Gasteiger partial charge in [-0.25, -0.2) is 0 Å². The van der Waals surface area contributed by atoms with Crippen LogP contribution in [0, 0.1) is 5.92 Å². The summed E-state index contributed by atoms with van der Waals surface area (Å²) < 4.78 is 5.78. The molecular formula is C27H29N5O. The molecule has 0 saturated carbocycles. The van der Waals surface area contributed by atoms with E-state index in [2.05, 4.69) is 76.9 Å². The van der Waals surface area contributed by atoms with Crippen molar-refractivity contribution in [3.8, 4) is 11.3 Å². The fourth-order valence-corrected chi connectivity index (χ4v) is 4.38. The number of nitrogens with two attached hydrogens (primary N) is 1. The van der Waals surface area contributed by atoms with E-state index in [4.69, 9.17) is 10.3 Å². The minimum absolute atomic E-state index is 0.0576. The smallest absolute Gasteiger partial charge is 0.228 e. The van der Waals surface area contributed by atoms with Crippen molar-refractivity contribution < 1.29 is 4.52 Å². The fourth-order valence-electron chi connectivity index (χ4n) is 4.38. The standard InChI is InChI=1S/C27H29N5O/c1-17(2)11-24-26(19-7-8-20-14-29-10-9-18(20)12-19)32-33-27(24)31-16-22(28)13-21-15-30-25-6-4-3-5-23(21)25/h3-10,12,14-15,17,22,30-31H,11,13,16,28H2,1-2H3. The Labute approximate surface area is 193 Å². The van der Waals surface area contributed by atoms with E-state index in [9.17, 15) is 0 Å². The quantitative estimate of drug-likeness (QED) is 0.295. The fraction of sp³-hybridized carbons (Fsp3) is 0.259. The van der Waals surface area contributed by atoms with Crippen LogP contribution in [0.1, 0.15) is 25.0 Å². The van der Waals surface area contributed by atoms with Gasteiger partial charge in [-0.1, -0.05) is 49.3 Å². The number of hydrogen-bond acceptors (Lipinski definition) is 5. The monoisotopic (exact) mass is 439 g/mol. The number of para-hydroxylation sites is 1. The minimum Gasteiger partial charge on any atom is -0.361 e. The van der Waals surface area contributed by atoms with Crippen LogP contribution in [0.15, 0.2) is 71.6 Å². The molecule has 5 aromatic rings. The maximum Gasteiger partial charge on any atom is 0.228 e. The molecular weight excluding hydrogens is 410 g/mol. The van der Waals surface area contributed by atoms with Crippen molar-refractivity contribution in [3.05, 3.63) is 78.2 Å². The minimum atomic E-state index is -0.0576. The predicted octanol–water partition coefficient (Wildman–Crippen LogP) is 5.55. The molecule has 6 nitrogen and oxygen atoms in total. The Morgan fingerprint density at radius 3 is 2.82 bits per heavy atom. The van der Waals surface area contributed by atoms with Gasteiger partial charge in [0, 0.05) is 58.6 Å². The van der Waals surface area contributed by atoms with E-state index in [-0.39, 0.29) is 6.04 Å². The predicted molar refractivity (Wildman–Crippen MR) is 134 cm³/mol. The van der Waals surface area contributed by atoms with E-state index in [1.807, 2.05) is 24.5 Å². The Bertz CT molecular complexity index is 1380. The Morgan fingerprint density at radius 1 is 1.06 bits per heavy atom. The van der Waals surface area contributed by atoms with Crippen molar-refractivity contribution in [1.29, 1.82) is 0 Å². The average Bonchev–Trinajstić information content (AvgIpc) is 3.41. The lowest BCUT2D eigenvalue weighted by molar-refractivity contribution is 0.432. The maximum absolute atomic E-state index is 6.49. The summed E-state index contributed by atoms with van der Waals surface area (Å²) in [5.74, 6) is 1.18. The second-order valence-corrected chi connectivity index (χ2v) is 9.08. The molecule has 0 radical (unpaired) electrons. The zero-order valence-electron chi connectivity index (χ0n) is 19.0. The van der Waals surface area contributed by atoms with Gasteiger partial charge in [0.1, 0.15) is 5.69 Å². The number of aromatic nitrogens is 3.